The maximum absolute atomic E-state index is 11.9. The largest absolute Gasteiger partial charge is 0.497 e. The molecule has 0 saturated carbocycles. The van der Waals surface area contributed by atoms with Crippen LogP contribution >= 0.6 is 11.3 Å². The van der Waals surface area contributed by atoms with Crippen LogP contribution in [-0.4, -0.2) is 18.0 Å². The predicted molar refractivity (Wildman–Crippen MR) is 71.0 cm³/mol. The van der Waals surface area contributed by atoms with Crippen molar-refractivity contribution in [3.63, 3.8) is 0 Å². The highest BCUT2D eigenvalue weighted by atomic mass is 32.1. The lowest BCUT2D eigenvalue weighted by Gasteiger charge is -2.05. The Balaban J connectivity index is 2.10. The van der Waals surface area contributed by atoms with E-state index in [0.717, 1.165) is 5.01 Å². The highest BCUT2D eigenvalue weighted by Gasteiger charge is 2.10. The van der Waals surface area contributed by atoms with Crippen molar-refractivity contribution in [1.82, 2.24) is 4.98 Å². The molecule has 2 aromatic rings. The number of aromatic nitrogens is 1. The van der Waals surface area contributed by atoms with Crippen LogP contribution in [0.5, 0.6) is 5.75 Å². The van der Waals surface area contributed by atoms with Gasteiger partial charge in [0, 0.05) is 23.7 Å². The van der Waals surface area contributed by atoms with Gasteiger partial charge in [-0.3, -0.25) is 4.79 Å². The van der Waals surface area contributed by atoms with E-state index in [1.165, 1.54) is 11.3 Å². The molecule has 0 atom stereocenters. The zero-order valence-electron chi connectivity index (χ0n) is 9.84. The lowest BCUT2D eigenvalue weighted by Crippen LogP contribution is -2.12. The highest BCUT2D eigenvalue weighted by molar-refractivity contribution is 7.09. The van der Waals surface area contributed by atoms with Gasteiger partial charge in [-0.25, -0.2) is 4.98 Å². The fourth-order valence-electron chi connectivity index (χ4n) is 1.40. The molecule has 3 N–H and O–H groups in total. The van der Waals surface area contributed by atoms with Crippen molar-refractivity contribution in [2.75, 3.05) is 12.4 Å². The molecule has 0 saturated heterocycles. The third kappa shape index (κ3) is 2.85. The summed E-state index contributed by atoms with van der Waals surface area (Å²) in [6.07, 6.45) is 0. The molecule has 1 aromatic carbocycles. The molecule has 0 aliphatic rings. The van der Waals surface area contributed by atoms with Crippen LogP contribution in [0.25, 0.3) is 0 Å². The number of hydrogen-bond donors (Lipinski definition) is 2. The number of benzene rings is 1. The molecule has 0 aliphatic carbocycles. The topological polar surface area (TPSA) is 77.2 Å². The Morgan fingerprint density at radius 3 is 3.06 bits per heavy atom. The molecule has 6 heteroatoms. The first-order valence-corrected chi connectivity index (χ1v) is 6.21. The Morgan fingerprint density at radius 2 is 2.39 bits per heavy atom. The average Bonchev–Trinajstić information content (AvgIpc) is 2.88. The van der Waals surface area contributed by atoms with Gasteiger partial charge >= 0.3 is 0 Å². The van der Waals surface area contributed by atoms with Crippen LogP contribution in [0.15, 0.2) is 29.6 Å². The summed E-state index contributed by atoms with van der Waals surface area (Å²) in [4.78, 5) is 16.0. The van der Waals surface area contributed by atoms with Crippen LogP contribution in [0, 0.1) is 0 Å². The summed E-state index contributed by atoms with van der Waals surface area (Å²) in [5, 5.41) is 5.19. The van der Waals surface area contributed by atoms with Gasteiger partial charge in [0.15, 0.2) is 0 Å². The summed E-state index contributed by atoms with van der Waals surface area (Å²) in [7, 11) is 1.58. The molecule has 1 heterocycles. The summed E-state index contributed by atoms with van der Waals surface area (Å²) < 4.78 is 5.08. The second-order valence-electron chi connectivity index (χ2n) is 3.52. The summed E-state index contributed by atoms with van der Waals surface area (Å²) in [6.45, 7) is 0.344. The van der Waals surface area contributed by atoms with Crippen molar-refractivity contribution >= 4 is 22.9 Å². The fraction of sp³-hybridized carbons (Fsp3) is 0.167. The Morgan fingerprint density at radius 1 is 1.56 bits per heavy atom. The lowest BCUT2D eigenvalue weighted by molar-refractivity contribution is 0.102. The van der Waals surface area contributed by atoms with E-state index in [0.29, 0.717) is 23.7 Å². The van der Waals surface area contributed by atoms with Gasteiger partial charge in [-0.1, -0.05) is 6.07 Å². The minimum Gasteiger partial charge on any atom is -0.497 e. The molecule has 1 aromatic heterocycles. The third-order valence-corrected chi connectivity index (χ3v) is 3.16. The monoisotopic (exact) mass is 263 g/mol. The first kappa shape index (κ1) is 12.5. The highest BCUT2D eigenvalue weighted by Crippen LogP contribution is 2.18. The second kappa shape index (κ2) is 5.61. The van der Waals surface area contributed by atoms with Crippen LogP contribution in [0.4, 0.5) is 5.69 Å². The molecular formula is C12H13N3O2S. The van der Waals surface area contributed by atoms with Gasteiger partial charge in [-0.15, -0.1) is 11.3 Å². The standard InChI is InChI=1S/C12H13N3O2S/c1-17-9-4-2-3-8(5-9)14-12(16)10-7-18-11(6-13)15-10/h2-5,7H,6,13H2,1H3,(H,14,16). The van der Waals surface area contributed by atoms with Gasteiger partial charge in [-0.05, 0) is 12.1 Å². The molecule has 0 spiro atoms. The van der Waals surface area contributed by atoms with Gasteiger partial charge < -0.3 is 15.8 Å². The maximum Gasteiger partial charge on any atom is 0.275 e. The number of carbonyl (C=O) groups is 1. The Kier molecular flexibility index (Phi) is 3.91. The van der Waals surface area contributed by atoms with E-state index in [4.69, 9.17) is 10.5 Å². The molecular weight excluding hydrogens is 250 g/mol. The van der Waals surface area contributed by atoms with E-state index in [2.05, 4.69) is 10.3 Å². The minimum absolute atomic E-state index is 0.251. The number of methoxy groups -OCH3 is 1. The smallest absolute Gasteiger partial charge is 0.275 e. The van der Waals surface area contributed by atoms with Gasteiger partial charge in [-0.2, -0.15) is 0 Å². The van der Waals surface area contributed by atoms with Crippen molar-refractivity contribution in [2.24, 2.45) is 5.73 Å². The molecule has 0 bridgehead atoms. The Hall–Kier alpha value is -1.92. The van der Waals surface area contributed by atoms with Gasteiger partial charge in [0.2, 0.25) is 0 Å². The summed E-state index contributed by atoms with van der Waals surface area (Å²) in [5.41, 5.74) is 6.50. The Labute approximate surface area is 109 Å². The lowest BCUT2D eigenvalue weighted by atomic mass is 10.3. The van der Waals surface area contributed by atoms with Crippen molar-refractivity contribution < 1.29 is 9.53 Å². The molecule has 94 valence electrons. The first-order chi connectivity index (χ1) is 8.72. The number of hydrogen-bond acceptors (Lipinski definition) is 5. The quantitative estimate of drug-likeness (QED) is 0.882. The zero-order valence-corrected chi connectivity index (χ0v) is 10.7. The molecule has 2 rings (SSSR count). The van der Waals surface area contributed by atoms with Crippen molar-refractivity contribution in [2.45, 2.75) is 6.54 Å². The molecule has 0 fully saturated rings. The predicted octanol–water partition coefficient (Wildman–Crippen LogP) is 1.86. The number of nitrogens with zero attached hydrogens (tertiary/aromatic N) is 1. The molecule has 0 radical (unpaired) electrons. The van der Waals surface area contributed by atoms with Crippen LogP contribution in [0.3, 0.4) is 0 Å². The normalized spacial score (nSPS) is 10.1. The SMILES string of the molecule is COc1cccc(NC(=O)c2csc(CN)n2)c1. The van der Waals surface area contributed by atoms with Crippen LogP contribution in [0.1, 0.15) is 15.5 Å². The van der Waals surface area contributed by atoms with Crippen molar-refractivity contribution in [1.29, 1.82) is 0 Å². The zero-order chi connectivity index (χ0) is 13.0. The van der Waals surface area contributed by atoms with E-state index in [1.54, 1.807) is 30.7 Å². The van der Waals surface area contributed by atoms with Gasteiger partial charge in [0.25, 0.3) is 5.91 Å². The van der Waals surface area contributed by atoms with Gasteiger partial charge in [0.05, 0.1) is 7.11 Å². The average molecular weight is 263 g/mol. The van der Waals surface area contributed by atoms with E-state index in [9.17, 15) is 4.79 Å². The van der Waals surface area contributed by atoms with Crippen LogP contribution in [-0.2, 0) is 6.54 Å². The Bertz CT molecular complexity index is 554. The second-order valence-corrected chi connectivity index (χ2v) is 4.46. The number of anilines is 1. The third-order valence-electron chi connectivity index (χ3n) is 2.29. The number of nitrogens with one attached hydrogen (secondary N) is 1. The molecule has 5 nitrogen and oxygen atoms in total. The number of carbonyl (C=O) groups excluding carboxylic acids is 1. The van der Waals surface area contributed by atoms with Crippen molar-refractivity contribution in [3.05, 3.63) is 40.3 Å². The number of amides is 1. The molecule has 1 amide bonds. The summed E-state index contributed by atoms with van der Waals surface area (Å²) in [5.74, 6) is 0.438. The van der Waals surface area contributed by atoms with Gasteiger partial charge in [0.1, 0.15) is 16.5 Å². The summed E-state index contributed by atoms with van der Waals surface area (Å²) >= 11 is 1.37. The van der Waals surface area contributed by atoms with Crippen LogP contribution < -0.4 is 15.8 Å². The van der Waals surface area contributed by atoms with Crippen LogP contribution in [0.2, 0.25) is 0 Å². The molecule has 0 aliphatic heterocycles. The number of ether oxygens (including phenoxy) is 1. The van der Waals surface area contributed by atoms with E-state index < -0.39 is 0 Å². The number of nitrogens with two attached hydrogens (primary N) is 1. The molecule has 18 heavy (non-hydrogen) atoms. The number of thiazole rings is 1. The minimum atomic E-state index is -0.251. The first-order valence-electron chi connectivity index (χ1n) is 5.33. The summed E-state index contributed by atoms with van der Waals surface area (Å²) in [6, 6.07) is 7.15. The van der Waals surface area contributed by atoms with E-state index in [1.807, 2.05) is 6.07 Å². The van der Waals surface area contributed by atoms with E-state index >= 15 is 0 Å². The van der Waals surface area contributed by atoms with E-state index in [-0.39, 0.29) is 5.91 Å². The van der Waals surface area contributed by atoms with Crippen molar-refractivity contribution in [3.8, 4) is 5.75 Å². The fourth-order valence-corrected chi connectivity index (χ4v) is 2.06. The maximum atomic E-state index is 11.9. The number of rotatable bonds is 4. The molecule has 0 unspecified atom stereocenters.